The zero-order valence-corrected chi connectivity index (χ0v) is 20.8. The SMILES string of the molecule is CC(C)CC(=O)Nc1cncc(-c2cc3c(-c4cc5c(-c6cccc(F)c6)nccc5[nH]4)n[nH]c3cn2)c1. The number of pyridine rings is 3. The van der Waals surface area contributed by atoms with Crippen LogP contribution < -0.4 is 5.32 Å². The van der Waals surface area contributed by atoms with Gasteiger partial charge in [-0.25, -0.2) is 4.39 Å². The highest BCUT2D eigenvalue weighted by Crippen LogP contribution is 2.34. The number of carbonyl (C=O) groups excluding carboxylic acids is 1. The van der Waals surface area contributed by atoms with E-state index >= 15 is 0 Å². The number of anilines is 1. The molecule has 0 saturated carbocycles. The Morgan fingerprint density at radius 3 is 2.66 bits per heavy atom. The average molecular weight is 506 g/mol. The third-order valence-corrected chi connectivity index (χ3v) is 6.26. The number of hydrogen-bond acceptors (Lipinski definition) is 5. The van der Waals surface area contributed by atoms with Crippen molar-refractivity contribution in [3.63, 3.8) is 0 Å². The first-order valence-corrected chi connectivity index (χ1v) is 12.3. The molecule has 0 saturated heterocycles. The molecular weight excluding hydrogens is 481 g/mol. The lowest BCUT2D eigenvalue weighted by Gasteiger charge is -2.08. The summed E-state index contributed by atoms with van der Waals surface area (Å²) in [5.41, 5.74) is 6.65. The highest BCUT2D eigenvalue weighted by Gasteiger charge is 2.16. The Morgan fingerprint density at radius 2 is 1.82 bits per heavy atom. The quantitative estimate of drug-likeness (QED) is 0.244. The Bertz CT molecular complexity index is 1800. The second kappa shape index (κ2) is 9.51. The van der Waals surface area contributed by atoms with Gasteiger partial charge in [0.15, 0.2) is 0 Å². The maximum Gasteiger partial charge on any atom is 0.224 e. The lowest BCUT2D eigenvalue weighted by Crippen LogP contribution is -2.13. The standard InChI is InChI=1S/C29H24FN7O/c1-16(2)8-27(38)34-20-10-18(13-31-14-20)24-11-22-26(15-33-24)36-37-29(22)25-12-21-23(35-25)6-7-32-28(21)17-4-3-5-19(30)9-17/h3-7,9-16,35H,8H2,1-2H3,(H,34,38)(H,36,37). The van der Waals surface area contributed by atoms with Crippen molar-refractivity contribution in [3.8, 4) is 33.9 Å². The van der Waals surface area contributed by atoms with Gasteiger partial charge in [-0.15, -0.1) is 0 Å². The first kappa shape index (κ1) is 23.5. The van der Waals surface area contributed by atoms with Crippen LogP contribution >= 0.6 is 0 Å². The van der Waals surface area contributed by atoms with E-state index in [0.717, 1.165) is 38.8 Å². The van der Waals surface area contributed by atoms with Gasteiger partial charge in [-0.1, -0.05) is 26.0 Å². The molecule has 0 atom stereocenters. The number of aromatic nitrogens is 6. The summed E-state index contributed by atoms with van der Waals surface area (Å²) in [5.74, 6) is -0.0982. The number of nitrogens with zero attached hydrogens (tertiary/aromatic N) is 4. The zero-order chi connectivity index (χ0) is 26.2. The Hall–Kier alpha value is -4.92. The molecule has 8 nitrogen and oxygen atoms in total. The molecule has 0 radical (unpaired) electrons. The smallest absolute Gasteiger partial charge is 0.224 e. The van der Waals surface area contributed by atoms with E-state index in [9.17, 15) is 9.18 Å². The maximum atomic E-state index is 13.9. The number of H-pyrrole nitrogens is 2. The number of nitrogens with one attached hydrogen (secondary N) is 3. The molecule has 5 heterocycles. The van der Waals surface area contributed by atoms with Gasteiger partial charge in [0.25, 0.3) is 0 Å². The van der Waals surface area contributed by atoms with Crippen molar-refractivity contribution in [2.45, 2.75) is 20.3 Å². The van der Waals surface area contributed by atoms with E-state index in [0.29, 0.717) is 29.1 Å². The normalized spacial score (nSPS) is 11.5. The van der Waals surface area contributed by atoms with Crippen LogP contribution in [0, 0.1) is 11.7 Å². The second-order valence-electron chi connectivity index (χ2n) is 9.61. The third kappa shape index (κ3) is 4.50. The molecule has 0 unspecified atom stereocenters. The fraction of sp³-hybridized carbons (Fsp3) is 0.138. The van der Waals surface area contributed by atoms with Crippen molar-refractivity contribution in [1.29, 1.82) is 0 Å². The number of aromatic amines is 2. The number of amides is 1. The topological polar surface area (TPSA) is 112 Å². The molecule has 0 spiro atoms. The summed E-state index contributed by atoms with van der Waals surface area (Å²) in [7, 11) is 0. The van der Waals surface area contributed by atoms with E-state index in [-0.39, 0.29) is 17.6 Å². The van der Waals surface area contributed by atoms with Crippen molar-refractivity contribution in [3.05, 3.63) is 79.1 Å². The lowest BCUT2D eigenvalue weighted by atomic mass is 10.1. The van der Waals surface area contributed by atoms with Gasteiger partial charge in [-0.3, -0.25) is 24.8 Å². The van der Waals surface area contributed by atoms with Gasteiger partial charge in [0.2, 0.25) is 5.91 Å². The van der Waals surface area contributed by atoms with Crippen molar-refractivity contribution >= 4 is 33.4 Å². The molecule has 0 bridgehead atoms. The minimum absolute atomic E-state index is 0.0506. The molecule has 1 amide bonds. The fourth-order valence-corrected chi connectivity index (χ4v) is 4.56. The minimum atomic E-state index is -0.312. The van der Waals surface area contributed by atoms with E-state index in [1.54, 1.807) is 30.9 Å². The molecule has 5 aromatic heterocycles. The Morgan fingerprint density at radius 1 is 0.947 bits per heavy atom. The molecule has 3 N–H and O–H groups in total. The number of rotatable bonds is 6. The van der Waals surface area contributed by atoms with Gasteiger partial charge >= 0.3 is 0 Å². The lowest BCUT2D eigenvalue weighted by molar-refractivity contribution is -0.116. The molecule has 0 aliphatic carbocycles. The average Bonchev–Trinajstić information content (AvgIpc) is 3.52. The molecule has 6 rings (SSSR count). The summed E-state index contributed by atoms with van der Waals surface area (Å²) in [4.78, 5) is 29.0. The largest absolute Gasteiger partial charge is 0.353 e. The highest BCUT2D eigenvalue weighted by molar-refractivity contribution is 6.00. The minimum Gasteiger partial charge on any atom is -0.353 e. The maximum absolute atomic E-state index is 13.9. The van der Waals surface area contributed by atoms with Gasteiger partial charge in [-0.2, -0.15) is 5.10 Å². The van der Waals surface area contributed by atoms with Crippen LogP contribution in [0.2, 0.25) is 0 Å². The zero-order valence-electron chi connectivity index (χ0n) is 20.8. The third-order valence-electron chi connectivity index (χ3n) is 6.26. The monoisotopic (exact) mass is 505 g/mol. The number of hydrogen-bond donors (Lipinski definition) is 3. The van der Waals surface area contributed by atoms with Crippen LogP contribution in [0.3, 0.4) is 0 Å². The number of benzene rings is 1. The van der Waals surface area contributed by atoms with Gasteiger partial charge < -0.3 is 10.3 Å². The summed E-state index contributed by atoms with van der Waals surface area (Å²) in [6.07, 6.45) is 7.21. The number of halogens is 1. The first-order valence-electron chi connectivity index (χ1n) is 12.3. The van der Waals surface area contributed by atoms with Gasteiger partial charge in [0.1, 0.15) is 11.5 Å². The molecule has 1 aromatic carbocycles. The van der Waals surface area contributed by atoms with Crippen molar-refractivity contribution < 1.29 is 9.18 Å². The van der Waals surface area contributed by atoms with E-state index in [1.807, 2.05) is 44.2 Å². The predicted octanol–water partition coefficient (Wildman–Crippen LogP) is 6.35. The van der Waals surface area contributed by atoms with E-state index in [1.165, 1.54) is 12.1 Å². The van der Waals surface area contributed by atoms with Gasteiger partial charge in [0.05, 0.1) is 40.7 Å². The first-order chi connectivity index (χ1) is 18.4. The van der Waals surface area contributed by atoms with E-state index in [2.05, 4.69) is 35.5 Å². The number of carbonyl (C=O) groups is 1. The predicted molar refractivity (Wildman–Crippen MR) is 146 cm³/mol. The molecule has 0 fully saturated rings. The van der Waals surface area contributed by atoms with Crippen molar-refractivity contribution in [2.24, 2.45) is 5.92 Å². The van der Waals surface area contributed by atoms with E-state index in [4.69, 9.17) is 0 Å². The molecule has 38 heavy (non-hydrogen) atoms. The molecule has 188 valence electrons. The summed E-state index contributed by atoms with van der Waals surface area (Å²) in [6, 6.07) is 14.1. The van der Waals surface area contributed by atoms with Crippen LogP contribution in [-0.4, -0.2) is 36.0 Å². The van der Waals surface area contributed by atoms with Crippen LogP contribution in [0.25, 0.3) is 55.7 Å². The summed E-state index contributed by atoms with van der Waals surface area (Å²) < 4.78 is 13.9. The van der Waals surface area contributed by atoms with Crippen LogP contribution in [0.4, 0.5) is 10.1 Å². The van der Waals surface area contributed by atoms with Crippen molar-refractivity contribution in [1.82, 2.24) is 30.1 Å². The summed E-state index contributed by atoms with van der Waals surface area (Å²) in [5, 5.41) is 12.2. The van der Waals surface area contributed by atoms with Crippen molar-refractivity contribution in [2.75, 3.05) is 5.32 Å². The Kier molecular flexibility index (Phi) is 5.88. The van der Waals surface area contributed by atoms with Gasteiger partial charge in [-0.05, 0) is 42.3 Å². The van der Waals surface area contributed by atoms with Crippen LogP contribution in [0.1, 0.15) is 20.3 Å². The second-order valence-corrected chi connectivity index (χ2v) is 9.61. The Labute approximate surface area is 217 Å². The summed E-state index contributed by atoms with van der Waals surface area (Å²) >= 11 is 0. The van der Waals surface area contributed by atoms with Gasteiger partial charge in [0, 0.05) is 46.2 Å². The fourth-order valence-electron chi connectivity index (χ4n) is 4.56. The van der Waals surface area contributed by atoms with Crippen LogP contribution in [0.5, 0.6) is 0 Å². The summed E-state index contributed by atoms with van der Waals surface area (Å²) in [6.45, 7) is 4.00. The van der Waals surface area contributed by atoms with E-state index < -0.39 is 0 Å². The molecule has 0 aliphatic heterocycles. The molecule has 6 aromatic rings. The number of fused-ring (bicyclic) bond motifs is 2. The molecule has 0 aliphatic rings. The van der Waals surface area contributed by atoms with Crippen LogP contribution in [-0.2, 0) is 4.79 Å². The molecule has 9 heteroatoms. The Balaban J connectivity index is 1.38. The highest BCUT2D eigenvalue weighted by atomic mass is 19.1. The molecular formula is C29H24FN7O. The van der Waals surface area contributed by atoms with Crippen LogP contribution in [0.15, 0.2) is 73.3 Å².